The minimum Gasteiger partial charge on any atom is -0.343 e. The van der Waals surface area contributed by atoms with Crippen LogP contribution < -0.4 is 0 Å². The molecule has 0 aliphatic carbocycles. The molecule has 1 fully saturated rings. The first-order chi connectivity index (χ1) is 6.70. The van der Waals surface area contributed by atoms with E-state index < -0.39 is 0 Å². The van der Waals surface area contributed by atoms with E-state index in [9.17, 15) is 4.79 Å². The summed E-state index contributed by atoms with van der Waals surface area (Å²) < 4.78 is 0. The molecule has 0 unspecified atom stereocenters. The van der Waals surface area contributed by atoms with Crippen LogP contribution in [0.5, 0.6) is 0 Å². The molecular weight excluding hydrogens is 176 g/mol. The van der Waals surface area contributed by atoms with E-state index in [2.05, 4.69) is 19.0 Å². The van der Waals surface area contributed by atoms with Gasteiger partial charge in [-0.25, -0.2) is 0 Å². The Hall–Kier alpha value is -0.570. The van der Waals surface area contributed by atoms with Gasteiger partial charge in [-0.05, 0) is 46.3 Å². The van der Waals surface area contributed by atoms with Crippen molar-refractivity contribution in [2.45, 2.75) is 32.1 Å². The third-order valence-corrected chi connectivity index (χ3v) is 2.70. The molecular formula is C11H22N2O. The lowest BCUT2D eigenvalue weighted by molar-refractivity contribution is -0.133. The van der Waals surface area contributed by atoms with Crippen molar-refractivity contribution >= 4 is 5.91 Å². The highest BCUT2D eigenvalue weighted by molar-refractivity contribution is 5.76. The highest BCUT2D eigenvalue weighted by Crippen LogP contribution is 2.11. The fraction of sp³-hybridized carbons (Fsp3) is 0.909. The zero-order valence-electron chi connectivity index (χ0n) is 9.46. The predicted octanol–water partition coefficient (Wildman–Crippen LogP) is 1.34. The van der Waals surface area contributed by atoms with Crippen LogP contribution in [0.3, 0.4) is 0 Å². The van der Waals surface area contributed by atoms with E-state index in [0.717, 1.165) is 38.9 Å². The number of unbranched alkanes of at least 4 members (excludes halogenated alkanes) is 1. The van der Waals surface area contributed by atoms with Crippen molar-refractivity contribution in [2.24, 2.45) is 0 Å². The molecule has 3 heteroatoms. The average Bonchev–Trinajstić information content (AvgIpc) is 2.15. The largest absolute Gasteiger partial charge is 0.343 e. The van der Waals surface area contributed by atoms with Gasteiger partial charge in [0.1, 0.15) is 0 Å². The molecule has 0 spiro atoms. The first-order valence-corrected chi connectivity index (χ1v) is 5.62. The van der Waals surface area contributed by atoms with Gasteiger partial charge in [0.25, 0.3) is 0 Å². The van der Waals surface area contributed by atoms with E-state index in [4.69, 9.17) is 0 Å². The molecule has 0 atom stereocenters. The number of hydrogen-bond acceptors (Lipinski definition) is 2. The Morgan fingerprint density at radius 1 is 1.29 bits per heavy atom. The predicted molar refractivity (Wildman–Crippen MR) is 58.2 cm³/mol. The lowest BCUT2D eigenvalue weighted by atomic mass is 10.1. The van der Waals surface area contributed by atoms with E-state index in [-0.39, 0.29) is 0 Å². The number of carbonyl (C=O) groups is 1. The van der Waals surface area contributed by atoms with Gasteiger partial charge in [-0.3, -0.25) is 4.79 Å². The molecule has 3 nitrogen and oxygen atoms in total. The maximum absolute atomic E-state index is 11.4. The molecule has 1 heterocycles. The summed E-state index contributed by atoms with van der Waals surface area (Å²) in [5, 5.41) is 0. The van der Waals surface area contributed by atoms with Crippen molar-refractivity contribution in [3.63, 3.8) is 0 Å². The second-order valence-corrected chi connectivity index (χ2v) is 4.35. The Morgan fingerprint density at radius 2 is 2.07 bits per heavy atom. The maximum Gasteiger partial charge on any atom is 0.222 e. The molecule has 1 rings (SSSR count). The van der Waals surface area contributed by atoms with Crippen LogP contribution in [-0.2, 0) is 4.79 Å². The second-order valence-electron chi connectivity index (χ2n) is 4.35. The van der Waals surface area contributed by atoms with Gasteiger partial charge in [-0.1, -0.05) is 0 Å². The van der Waals surface area contributed by atoms with Crippen LogP contribution in [0.2, 0.25) is 0 Å². The summed E-state index contributed by atoms with van der Waals surface area (Å²) in [4.78, 5) is 15.7. The summed E-state index contributed by atoms with van der Waals surface area (Å²) in [7, 11) is 4.18. The molecule has 14 heavy (non-hydrogen) atoms. The molecule has 0 aromatic heterocycles. The fourth-order valence-corrected chi connectivity index (χ4v) is 1.83. The minimum absolute atomic E-state index is 0.362. The highest BCUT2D eigenvalue weighted by atomic mass is 16.2. The summed E-state index contributed by atoms with van der Waals surface area (Å²) in [5.41, 5.74) is 0. The van der Waals surface area contributed by atoms with Crippen LogP contribution in [0, 0.1) is 0 Å². The van der Waals surface area contributed by atoms with Gasteiger partial charge in [0.05, 0.1) is 0 Å². The Morgan fingerprint density at radius 3 is 2.71 bits per heavy atom. The molecule has 82 valence electrons. The number of rotatable bonds is 5. The standard InChI is InChI=1S/C11H22N2O/c1-12(2)8-5-6-10-13-9-4-3-7-11(13)14/h3-10H2,1-2H3. The number of nitrogens with zero attached hydrogens (tertiary/aromatic N) is 2. The molecule has 1 amide bonds. The topological polar surface area (TPSA) is 23.6 Å². The molecule has 0 aromatic carbocycles. The monoisotopic (exact) mass is 198 g/mol. The number of amides is 1. The van der Waals surface area contributed by atoms with E-state index in [1.54, 1.807) is 0 Å². The van der Waals surface area contributed by atoms with Crippen molar-refractivity contribution in [1.29, 1.82) is 0 Å². The molecule has 0 aromatic rings. The van der Waals surface area contributed by atoms with Crippen LogP contribution in [-0.4, -0.2) is 49.4 Å². The lowest BCUT2D eigenvalue weighted by Crippen LogP contribution is -2.36. The van der Waals surface area contributed by atoms with Crippen LogP contribution in [0.15, 0.2) is 0 Å². The fourth-order valence-electron chi connectivity index (χ4n) is 1.83. The quantitative estimate of drug-likeness (QED) is 0.622. The van der Waals surface area contributed by atoms with Crippen molar-refractivity contribution in [1.82, 2.24) is 9.80 Å². The van der Waals surface area contributed by atoms with Crippen LogP contribution in [0.1, 0.15) is 32.1 Å². The first kappa shape index (κ1) is 11.5. The molecule has 1 aliphatic heterocycles. The van der Waals surface area contributed by atoms with Gasteiger partial charge in [-0.15, -0.1) is 0 Å². The molecule has 0 N–H and O–H groups in total. The Labute approximate surface area is 87.1 Å². The zero-order chi connectivity index (χ0) is 10.4. The highest BCUT2D eigenvalue weighted by Gasteiger charge is 2.16. The smallest absolute Gasteiger partial charge is 0.222 e. The van der Waals surface area contributed by atoms with Gasteiger partial charge in [0, 0.05) is 19.5 Å². The number of carbonyl (C=O) groups excluding carboxylic acids is 1. The van der Waals surface area contributed by atoms with Crippen molar-refractivity contribution in [3.05, 3.63) is 0 Å². The van der Waals surface area contributed by atoms with Gasteiger partial charge >= 0.3 is 0 Å². The Kier molecular flexibility index (Phi) is 4.94. The van der Waals surface area contributed by atoms with Gasteiger partial charge in [-0.2, -0.15) is 0 Å². The third-order valence-electron chi connectivity index (χ3n) is 2.70. The summed E-state index contributed by atoms with van der Waals surface area (Å²) in [6, 6.07) is 0. The molecule has 1 aliphatic rings. The molecule has 1 saturated heterocycles. The number of hydrogen-bond donors (Lipinski definition) is 0. The lowest BCUT2D eigenvalue weighted by Gasteiger charge is -2.26. The van der Waals surface area contributed by atoms with Gasteiger partial charge in [0.15, 0.2) is 0 Å². The summed E-state index contributed by atoms with van der Waals surface area (Å²) in [6.07, 6.45) is 5.39. The third kappa shape index (κ3) is 4.09. The molecule has 0 bridgehead atoms. The normalized spacial score (nSPS) is 17.9. The van der Waals surface area contributed by atoms with E-state index in [0.29, 0.717) is 5.91 Å². The van der Waals surface area contributed by atoms with Crippen LogP contribution in [0.4, 0.5) is 0 Å². The number of likely N-dealkylation sites (tertiary alicyclic amines) is 1. The van der Waals surface area contributed by atoms with Crippen molar-refractivity contribution < 1.29 is 4.79 Å². The van der Waals surface area contributed by atoms with Gasteiger partial charge in [0.2, 0.25) is 5.91 Å². The second kappa shape index (κ2) is 6.02. The summed E-state index contributed by atoms with van der Waals surface area (Å²) in [6.45, 7) is 3.08. The SMILES string of the molecule is CN(C)CCCCN1CCCCC1=O. The Balaban J connectivity index is 2.07. The van der Waals surface area contributed by atoms with E-state index in [1.165, 1.54) is 12.8 Å². The number of piperidine rings is 1. The zero-order valence-corrected chi connectivity index (χ0v) is 9.46. The van der Waals surface area contributed by atoms with Crippen molar-refractivity contribution in [2.75, 3.05) is 33.7 Å². The minimum atomic E-state index is 0.362. The summed E-state index contributed by atoms with van der Waals surface area (Å²) in [5.74, 6) is 0.362. The molecule has 0 radical (unpaired) electrons. The Bertz CT molecular complexity index is 180. The first-order valence-electron chi connectivity index (χ1n) is 5.62. The van der Waals surface area contributed by atoms with E-state index >= 15 is 0 Å². The van der Waals surface area contributed by atoms with Crippen LogP contribution in [0.25, 0.3) is 0 Å². The van der Waals surface area contributed by atoms with E-state index in [1.807, 2.05) is 4.90 Å². The maximum atomic E-state index is 11.4. The van der Waals surface area contributed by atoms with Gasteiger partial charge < -0.3 is 9.80 Å². The summed E-state index contributed by atoms with van der Waals surface area (Å²) >= 11 is 0. The van der Waals surface area contributed by atoms with Crippen LogP contribution >= 0.6 is 0 Å². The molecule has 0 saturated carbocycles. The van der Waals surface area contributed by atoms with Crippen molar-refractivity contribution in [3.8, 4) is 0 Å². The average molecular weight is 198 g/mol.